The van der Waals surface area contributed by atoms with Gasteiger partial charge in [-0.05, 0) is 89.4 Å². The Hall–Kier alpha value is -3.98. The fourth-order valence-electron chi connectivity index (χ4n) is 4.51. The summed E-state index contributed by atoms with van der Waals surface area (Å²) in [5.41, 5.74) is 1.03. The summed E-state index contributed by atoms with van der Waals surface area (Å²) in [6.45, 7) is 11.6. The molecule has 0 aliphatic heterocycles. The number of rotatable bonds is 17. The molecule has 3 aromatic rings. The topological polar surface area (TPSA) is 109 Å². The number of benzene rings is 1. The lowest BCUT2D eigenvalue weighted by atomic mass is 10.1. The van der Waals surface area contributed by atoms with Crippen LogP contribution in [0.5, 0.6) is 5.75 Å². The third kappa shape index (κ3) is 13.1. The number of hydrogen-bond donors (Lipinski definition) is 1. The Morgan fingerprint density at radius 1 is 0.955 bits per heavy atom. The van der Waals surface area contributed by atoms with E-state index in [4.69, 9.17) is 14.2 Å². The molecule has 9 heteroatoms. The van der Waals surface area contributed by atoms with Crippen molar-refractivity contribution in [1.82, 2.24) is 14.9 Å². The number of aromatic nitrogens is 2. The molecule has 0 unspecified atom stereocenters. The first kappa shape index (κ1) is 34.5. The van der Waals surface area contributed by atoms with Gasteiger partial charge in [0, 0.05) is 55.1 Å². The fraction of sp³-hybridized carbons (Fsp3) is 0.486. The molecule has 2 aromatic heterocycles. The Kier molecular flexibility index (Phi) is 13.1. The van der Waals surface area contributed by atoms with E-state index in [1.165, 1.54) is 6.08 Å². The molecule has 238 valence electrons. The van der Waals surface area contributed by atoms with Crippen LogP contribution in [0, 0.1) is 0 Å². The molecular formula is C35H47N3O6. The van der Waals surface area contributed by atoms with E-state index in [-0.39, 0.29) is 24.3 Å². The van der Waals surface area contributed by atoms with Crippen molar-refractivity contribution in [3.05, 3.63) is 66.6 Å². The summed E-state index contributed by atoms with van der Waals surface area (Å²) in [5, 5.41) is 3.90. The van der Waals surface area contributed by atoms with Crippen LogP contribution in [0.3, 0.4) is 0 Å². The number of nitrogens with zero attached hydrogens (tertiary/aromatic N) is 2. The van der Waals surface area contributed by atoms with Crippen molar-refractivity contribution in [2.75, 3.05) is 13.2 Å². The maximum Gasteiger partial charge on any atom is 0.311 e. The number of amides is 1. The lowest BCUT2D eigenvalue weighted by Gasteiger charge is -2.27. The zero-order valence-electron chi connectivity index (χ0n) is 26.8. The summed E-state index contributed by atoms with van der Waals surface area (Å²) in [6, 6.07) is 11.3. The molecule has 2 heterocycles. The molecule has 9 nitrogen and oxygen atoms in total. The molecule has 0 bridgehead atoms. The Balaban J connectivity index is 1.32. The van der Waals surface area contributed by atoms with Gasteiger partial charge >= 0.3 is 11.9 Å². The quantitative estimate of drug-likeness (QED) is 0.0795. The molecule has 1 aromatic carbocycles. The van der Waals surface area contributed by atoms with Crippen molar-refractivity contribution in [3.63, 3.8) is 0 Å². The first-order chi connectivity index (χ1) is 20.9. The molecule has 0 atom stereocenters. The van der Waals surface area contributed by atoms with Crippen LogP contribution >= 0.6 is 0 Å². The predicted molar refractivity (Wildman–Crippen MR) is 172 cm³/mol. The van der Waals surface area contributed by atoms with Gasteiger partial charge in [-0.3, -0.25) is 19.4 Å². The monoisotopic (exact) mass is 605 g/mol. The van der Waals surface area contributed by atoms with Gasteiger partial charge < -0.3 is 24.1 Å². The van der Waals surface area contributed by atoms with Crippen LogP contribution in [0.4, 0.5) is 0 Å². The Morgan fingerprint density at radius 2 is 1.73 bits per heavy atom. The average molecular weight is 606 g/mol. The molecule has 1 amide bonds. The van der Waals surface area contributed by atoms with Crippen LogP contribution < -0.4 is 10.1 Å². The number of aryl methyl sites for hydroxylation is 1. The molecule has 0 spiro atoms. The summed E-state index contributed by atoms with van der Waals surface area (Å²) < 4.78 is 19.0. The number of esters is 2. The summed E-state index contributed by atoms with van der Waals surface area (Å²) >= 11 is 0. The highest BCUT2D eigenvalue weighted by molar-refractivity contribution is 5.91. The summed E-state index contributed by atoms with van der Waals surface area (Å²) in [7, 11) is 0. The summed E-state index contributed by atoms with van der Waals surface area (Å²) in [6.07, 6.45) is 13.2. The molecule has 0 radical (unpaired) electrons. The van der Waals surface area contributed by atoms with Gasteiger partial charge in [0.05, 0.1) is 25.0 Å². The Morgan fingerprint density at radius 3 is 2.48 bits per heavy atom. The number of fused-ring (bicyclic) bond motifs is 1. The van der Waals surface area contributed by atoms with Gasteiger partial charge in [-0.15, -0.1) is 0 Å². The van der Waals surface area contributed by atoms with Gasteiger partial charge in [0.15, 0.2) is 0 Å². The van der Waals surface area contributed by atoms with Crippen molar-refractivity contribution in [2.45, 2.75) is 97.3 Å². The van der Waals surface area contributed by atoms with E-state index in [1.807, 2.05) is 71.1 Å². The highest BCUT2D eigenvalue weighted by atomic mass is 16.6. The molecule has 1 N–H and O–H groups in total. The van der Waals surface area contributed by atoms with Gasteiger partial charge in [0.25, 0.3) is 0 Å². The number of ether oxygens (including phenoxy) is 3. The van der Waals surface area contributed by atoms with Gasteiger partial charge in [-0.1, -0.05) is 18.9 Å². The lowest BCUT2D eigenvalue weighted by Crippen LogP contribution is -2.31. The predicted octanol–water partition coefficient (Wildman–Crippen LogP) is 6.64. The molecule has 0 saturated heterocycles. The van der Waals surface area contributed by atoms with E-state index < -0.39 is 17.5 Å². The van der Waals surface area contributed by atoms with E-state index in [9.17, 15) is 14.4 Å². The Bertz CT molecular complexity index is 1390. The zero-order valence-corrected chi connectivity index (χ0v) is 26.8. The van der Waals surface area contributed by atoms with Crippen LogP contribution in [0.1, 0.15) is 85.1 Å². The second-order valence-electron chi connectivity index (χ2n) is 12.5. The first-order valence-electron chi connectivity index (χ1n) is 15.4. The fourth-order valence-corrected chi connectivity index (χ4v) is 4.51. The minimum absolute atomic E-state index is 0.0450. The maximum absolute atomic E-state index is 12.4. The van der Waals surface area contributed by atoms with Crippen molar-refractivity contribution in [3.8, 4) is 5.75 Å². The van der Waals surface area contributed by atoms with E-state index in [1.54, 1.807) is 24.5 Å². The standard InChI is InChI=1S/C35H47N3O6/c1-34(2,3)42-24-19-35(4,5)44-33(41)17-16-32(40)43-29-13-14-30-28(25-29)18-23-38(30)22-9-7-6-8-21-37-31(39)15-12-27-11-10-20-36-26-27/h10-15,18,20,23,25-26H,6-9,16-17,19,21-22,24H2,1-5H3,(H,37,39)/b15-12+. The molecule has 44 heavy (non-hydrogen) atoms. The molecule has 0 saturated carbocycles. The highest BCUT2D eigenvalue weighted by Gasteiger charge is 2.24. The van der Waals surface area contributed by atoms with Crippen LogP contribution in [-0.4, -0.2) is 51.8 Å². The number of nitrogens with one attached hydrogen (secondary N) is 1. The van der Waals surface area contributed by atoms with Crippen LogP contribution in [0.15, 0.2) is 61.1 Å². The summed E-state index contributed by atoms with van der Waals surface area (Å²) in [5.74, 6) is -0.562. The smallest absolute Gasteiger partial charge is 0.311 e. The molecule has 0 fully saturated rings. The third-order valence-electron chi connectivity index (χ3n) is 6.87. The lowest BCUT2D eigenvalue weighted by molar-refractivity contribution is -0.160. The SMILES string of the molecule is CC(C)(C)OCCC(C)(C)OC(=O)CCC(=O)Oc1ccc2c(ccn2CCCCCCNC(=O)/C=C/c2cccnc2)c1. The number of hydrogen-bond acceptors (Lipinski definition) is 7. The van der Waals surface area contributed by atoms with E-state index in [0.29, 0.717) is 25.3 Å². The average Bonchev–Trinajstić information content (AvgIpc) is 3.36. The van der Waals surface area contributed by atoms with E-state index >= 15 is 0 Å². The van der Waals surface area contributed by atoms with Crippen LogP contribution in [0.25, 0.3) is 17.0 Å². The van der Waals surface area contributed by atoms with Gasteiger partial charge in [0.2, 0.25) is 5.91 Å². The van der Waals surface area contributed by atoms with Gasteiger partial charge in [-0.25, -0.2) is 0 Å². The molecule has 0 aliphatic rings. The van der Waals surface area contributed by atoms with Crippen molar-refractivity contribution < 1.29 is 28.6 Å². The molecular weight excluding hydrogens is 558 g/mol. The maximum atomic E-state index is 12.4. The second-order valence-corrected chi connectivity index (χ2v) is 12.5. The van der Waals surface area contributed by atoms with Crippen molar-refractivity contribution in [1.29, 1.82) is 0 Å². The van der Waals surface area contributed by atoms with Crippen molar-refractivity contribution in [2.24, 2.45) is 0 Å². The van der Waals surface area contributed by atoms with E-state index in [2.05, 4.69) is 14.9 Å². The van der Waals surface area contributed by atoms with E-state index in [0.717, 1.165) is 48.7 Å². The second kappa shape index (κ2) is 16.8. The summed E-state index contributed by atoms with van der Waals surface area (Å²) in [4.78, 5) is 40.7. The van der Waals surface area contributed by atoms with Crippen LogP contribution in [0.2, 0.25) is 0 Å². The first-order valence-corrected chi connectivity index (χ1v) is 15.4. The number of carbonyl (C=O) groups excluding carboxylic acids is 3. The van der Waals surface area contributed by atoms with Crippen molar-refractivity contribution >= 4 is 34.8 Å². The minimum atomic E-state index is -0.680. The van der Waals surface area contributed by atoms with Crippen LogP contribution in [-0.2, 0) is 30.4 Å². The third-order valence-corrected chi connectivity index (χ3v) is 6.87. The number of carbonyl (C=O) groups is 3. The minimum Gasteiger partial charge on any atom is -0.460 e. The molecule has 3 rings (SSSR count). The molecule has 0 aliphatic carbocycles. The highest BCUT2D eigenvalue weighted by Crippen LogP contribution is 2.24. The van der Waals surface area contributed by atoms with Gasteiger partial charge in [0.1, 0.15) is 11.4 Å². The van der Waals surface area contributed by atoms with Gasteiger partial charge in [-0.2, -0.15) is 0 Å². The zero-order chi connectivity index (χ0) is 32.0. The number of unbranched alkanes of at least 4 members (excludes halogenated alkanes) is 3. The normalized spacial score (nSPS) is 12.0. The Labute approximate surface area is 261 Å². The number of pyridine rings is 1. The largest absolute Gasteiger partial charge is 0.460 e.